The summed E-state index contributed by atoms with van der Waals surface area (Å²) in [5.74, 6) is 2.49. The van der Waals surface area contributed by atoms with Crippen LogP contribution in [-0.2, 0) is 0 Å². The molecule has 0 aliphatic carbocycles. The summed E-state index contributed by atoms with van der Waals surface area (Å²) in [6, 6.07) is 38.4. The van der Waals surface area contributed by atoms with Crippen molar-refractivity contribution in [2.45, 2.75) is 13.8 Å². The van der Waals surface area contributed by atoms with Crippen LogP contribution >= 0.6 is 0 Å². The van der Waals surface area contributed by atoms with Crippen LogP contribution in [0.2, 0.25) is 0 Å². The number of pyridine rings is 1. The van der Waals surface area contributed by atoms with Crippen LogP contribution in [-0.4, -0.2) is 19.3 Å². The first-order valence-electron chi connectivity index (χ1n) is 13.1. The molecular weight excluding hydrogens is 480 g/mol. The Morgan fingerprint density at radius 3 is 1.28 bits per heavy atom. The molecule has 0 saturated heterocycles. The van der Waals surface area contributed by atoms with Gasteiger partial charge in [0.1, 0.15) is 17.4 Å². The number of rotatable bonds is 3. The summed E-state index contributed by atoms with van der Waals surface area (Å²) in [6.45, 7) is 3.96. The van der Waals surface area contributed by atoms with Crippen molar-refractivity contribution in [3.63, 3.8) is 0 Å². The number of aryl methyl sites for hydroxylation is 2. The normalized spacial score (nSPS) is 11.8. The Morgan fingerprint density at radius 2 is 0.923 bits per heavy atom. The van der Waals surface area contributed by atoms with Gasteiger partial charge in [-0.1, -0.05) is 78.0 Å². The van der Waals surface area contributed by atoms with E-state index in [9.17, 15) is 0 Å². The molecule has 8 rings (SSSR count). The molecule has 0 N–H and O–H groups in total. The molecule has 0 fully saturated rings. The lowest BCUT2D eigenvalue weighted by atomic mass is 10.0. The summed E-state index contributed by atoms with van der Waals surface area (Å²) in [5, 5.41) is 9.09. The molecule has 0 atom stereocenters. The summed E-state index contributed by atoms with van der Waals surface area (Å²) in [6.07, 6.45) is 0. The number of hydrogen-bond acceptors (Lipinski definition) is 3. The first kappa shape index (κ1) is 21.9. The van der Waals surface area contributed by atoms with Gasteiger partial charge in [-0.15, -0.1) is 0 Å². The van der Waals surface area contributed by atoms with Gasteiger partial charge < -0.3 is 4.52 Å². The van der Waals surface area contributed by atoms with Crippen LogP contribution in [0.3, 0.4) is 0 Å². The molecule has 0 radical (unpaired) electrons. The van der Waals surface area contributed by atoms with E-state index in [2.05, 4.69) is 123 Å². The van der Waals surface area contributed by atoms with Crippen molar-refractivity contribution >= 4 is 43.6 Å². The molecule has 39 heavy (non-hydrogen) atoms. The fraction of sp³-hybridized carbons (Fsp3) is 0.0588. The van der Waals surface area contributed by atoms with Crippen molar-refractivity contribution in [2.24, 2.45) is 0 Å². The van der Waals surface area contributed by atoms with Gasteiger partial charge in [0.15, 0.2) is 0 Å². The molecule has 0 saturated carbocycles. The highest BCUT2D eigenvalue weighted by Crippen LogP contribution is 2.37. The molecule has 0 aliphatic heterocycles. The van der Waals surface area contributed by atoms with E-state index in [1.54, 1.807) is 0 Å². The zero-order chi connectivity index (χ0) is 26.1. The fourth-order valence-electron chi connectivity index (χ4n) is 6.11. The van der Waals surface area contributed by atoms with Gasteiger partial charge in [0.05, 0.1) is 27.8 Å². The Kier molecular flexibility index (Phi) is 4.58. The van der Waals surface area contributed by atoms with E-state index in [0.29, 0.717) is 0 Å². The summed E-state index contributed by atoms with van der Waals surface area (Å²) in [4.78, 5) is 5.36. The van der Waals surface area contributed by atoms with Gasteiger partial charge in [-0.2, -0.15) is 0 Å². The smallest absolute Gasteiger partial charge is 0.141 e. The number of hydrogen-bond donors (Lipinski definition) is 0. The quantitative estimate of drug-likeness (QED) is 0.242. The van der Waals surface area contributed by atoms with E-state index in [0.717, 1.165) is 56.3 Å². The second kappa shape index (κ2) is 8.17. The number of aromatic nitrogens is 4. The topological polar surface area (TPSA) is 48.8 Å². The van der Waals surface area contributed by atoms with Crippen LogP contribution in [0.15, 0.2) is 114 Å². The Bertz CT molecular complexity index is 1950. The molecule has 186 valence electrons. The molecule has 0 amide bonds. The second-order valence-electron chi connectivity index (χ2n) is 10.0. The zero-order valence-corrected chi connectivity index (χ0v) is 21.6. The fourth-order valence-corrected chi connectivity index (χ4v) is 6.11. The van der Waals surface area contributed by atoms with Crippen LogP contribution in [0.1, 0.15) is 11.5 Å². The third-order valence-electron chi connectivity index (χ3n) is 7.74. The maximum Gasteiger partial charge on any atom is 0.141 e. The van der Waals surface area contributed by atoms with Crippen molar-refractivity contribution in [1.82, 2.24) is 19.3 Å². The minimum atomic E-state index is 0.792. The van der Waals surface area contributed by atoms with Gasteiger partial charge in [-0.25, -0.2) is 4.98 Å². The van der Waals surface area contributed by atoms with Crippen LogP contribution in [0.25, 0.3) is 66.4 Å². The predicted molar refractivity (Wildman–Crippen MR) is 158 cm³/mol. The molecule has 5 nitrogen and oxygen atoms in total. The third-order valence-corrected chi connectivity index (χ3v) is 7.74. The number of nitrogens with zero attached hydrogens (tertiary/aromatic N) is 4. The van der Waals surface area contributed by atoms with E-state index >= 15 is 0 Å². The first-order chi connectivity index (χ1) is 19.2. The van der Waals surface area contributed by atoms with Gasteiger partial charge in [-0.3, -0.25) is 9.13 Å². The van der Waals surface area contributed by atoms with Gasteiger partial charge in [0.25, 0.3) is 0 Å². The second-order valence-corrected chi connectivity index (χ2v) is 10.0. The molecule has 4 aromatic carbocycles. The van der Waals surface area contributed by atoms with Crippen molar-refractivity contribution in [3.05, 3.63) is 121 Å². The largest absolute Gasteiger partial charge is 0.361 e. The molecule has 8 aromatic rings. The summed E-state index contributed by atoms with van der Waals surface area (Å²) < 4.78 is 10.1. The number of para-hydroxylation sites is 4. The maximum atomic E-state index is 5.61. The molecule has 0 aliphatic rings. The maximum absolute atomic E-state index is 5.61. The molecule has 4 aromatic heterocycles. The van der Waals surface area contributed by atoms with Crippen molar-refractivity contribution in [3.8, 4) is 22.8 Å². The summed E-state index contributed by atoms with van der Waals surface area (Å²) in [7, 11) is 0. The zero-order valence-electron chi connectivity index (χ0n) is 21.6. The van der Waals surface area contributed by atoms with Crippen molar-refractivity contribution in [1.29, 1.82) is 0 Å². The molecule has 5 heteroatoms. The van der Waals surface area contributed by atoms with E-state index < -0.39 is 0 Å². The average Bonchev–Trinajstić information content (AvgIpc) is 3.61. The Balaban J connectivity index is 1.53. The molecule has 0 unspecified atom stereocenters. The minimum absolute atomic E-state index is 0.792. The van der Waals surface area contributed by atoms with Gasteiger partial charge in [0.2, 0.25) is 0 Å². The summed E-state index contributed by atoms with van der Waals surface area (Å²) >= 11 is 0. The lowest BCUT2D eigenvalue weighted by Crippen LogP contribution is -2.04. The molecule has 0 spiro atoms. The van der Waals surface area contributed by atoms with Crippen molar-refractivity contribution in [2.75, 3.05) is 0 Å². The number of fused-ring (bicyclic) bond motifs is 6. The standard InChI is InChI=1S/C34H24N4O/c1-21-34(22(2)39-36-21)23-19-32(37-28-15-7-3-11-24(28)25-12-4-8-16-29(25)37)35-33(20-23)38-30-17-9-5-13-26(30)27-14-6-10-18-31(27)38/h3-20H,1-2H3. The van der Waals surface area contributed by atoms with Crippen molar-refractivity contribution < 1.29 is 4.52 Å². The lowest BCUT2D eigenvalue weighted by molar-refractivity contribution is 0.393. The minimum Gasteiger partial charge on any atom is -0.361 e. The third kappa shape index (κ3) is 3.13. The highest BCUT2D eigenvalue weighted by molar-refractivity contribution is 6.10. The van der Waals surface area contributed by atoms with Crippen LogP contribution in [0.5, 0.6) is 0 Å². The highest BCUT2D eigenvalue weighted by Gasteiger charge is 2.20. The van der Waals surface area contributed by atoms with E-state index in [1.165, 1.54) is 21.5 Å². The number of benzene rings is 4. The Hall–Kier alpha value is -5.16. The average molecular weight is 505 g/mol. The van der Waals surface area contributed by atoms with Gasteiger partial charge >= 0.3 is 0 Å². The summed E-state index contributed by atoms with van der Waals surface area (Å²) in [5.41, 5.74) is 7.37. The van der Waals surface area contributed by atoms with E-state index in [4.69, 9.17) is 9.51 Å². The Labute approximate surface area is 224 Å². The molecule has 4 heterocycles. The van der Waals surface area contributed by atoms with Crippen LogP contribution < -0.4 is 0 Å². The highest BCUT2D eigenvalue weighted by atomic mass is 16.5. The lowest BCUT2D eigenvalue weighted by Gasteiger charge is -2.14. The molecule has 0 bridgehead atoms. The monoisotopic (exact) mass is 504 g/mol. The van der Waals surface area contributed by atoms with Crippen LogP contribution in [0, 0.1) is 13.8 Å². The van der Waals surface area contributed by atoms with E-state index in [1.807, 2.05) is 13.8 Å². The first-order valence-corrected chi connectivity index (χ1v) is 13.1. The van der Waals surface area contributed by atoms with Gasteiger partial charge in [0, 0.05) is 27.1 Å². The van der Waals surface area contributed by atoms with Crippen LogP contribution in [0.4, 0.5) is 0 Å². The van der Waals surface area contributed by atoms with E-state index in [-0.39, 0.29) is 0 Å². The molecular formula is C34H24N4O. The Morgan fingerprint density at radius 1 is 0.538 bits per heavy atom. The van der Waals surface area contributed by atoms with Gasteiger partial charge in [-0.05, 0) is 55.8 Å². The SMILES string of the molecule is Cc1noc(C)c1-c1cc(-n2c3ccccc3c3ccccc32)nc(-n2c3ccccc3c3ccccc32)c1. The predicted octanol–water partition coefficient (Wildman–Crippen LogP) is 8.55.